The lowest BCUT2D eigenvalue weighted by Gasteiger charge is -2.12. The molecule has 0 aliphatic heterocycles. The van der Waals surface area contributed by atoms with E-state index in [1.54, 1.807) is 66.9 Å². The van der Waals surface area contributed by atoms with Crippen LogP contribution in [0.25, 0.3) is 24.3 Å². The molecule has 244 valence electrons. The summed E-state index contributed by atoms with van der Waals surface area (Å²) in [6, 6.07) is 17.8. The van der Waals surface area contributed by atoms with Gasteiger partial charge in [-0.05, 0) is 70.8 Å². The Morgan fingerprint density at radius 2 is 0.630 bits per heavy atom. The van der Waals surface area contributed by atoms with Gasteiger partial charge in [-0.15, -0.1) is 0 Å². The number of phenols is 2. The molecule has 0 saturated heterocycles. The summed E-state index contributed by atoms with van der Waals surface area (Å²) >= 11 is 0. The molecule has 46 heavy (non-hydrogen) atoms. The van der Waals surface area contributed by atoms with Gasteiger partial charge in [0.2, 0.25) is 11.5 Å². The van der Waals surface area contributed by atoms with Crippen LogP contribution in [0, 0.1) is 0 Å². The number of hydrogen-bond acceptors (Lipinski definition) is 10. The van der Waals surface area contributed by atoms with Gasteiger partial charge < -0.3 is 48.1 Å². The Kier molecular flexibility index (Phi) is 12.9. The molecule has 0 aliphatic rings. The first kappa shape index (κ1) is 34.8. The maximum Gasteiger partial charge on any atom is 0.203 e. The van der Waals surface area contributed by atoms with E-state index in [9.17, 15) is 10.2 Å². The summed E-state index contributed by atoms with van der Waals surface area (Å²) in [5.74, 6) is 4.52. The second-order valence-electron chi connectivity index (χ2n) is 9.45. The first-order chi connectivity index (χ1) is 22.2. The molecule has 0 aliphatic carbocycles. The lowest BCUT2D eigenvalue weighted by molar-refractivity contribution is 0.324. The molecule has 0 radical (unpaired) electrons. The molecule has 0 heterocycles. The third-order valence-electron chi connectivity index (χ3n) is 6.72. The molecule has 0 unspecified atom stereocenters. The molecule has 0 amide bonds. The third kappa shape index (κ3) is 8.72. The quantitative estimate of drug-likeness (QED) is 0.156. The molecule has 4 rings (SSSR count). The fraction of sp³-hybridized carbons (Fsp3) is 0.222. The van der Waals surface area contributed by atoms with Gasteiger partial charge in [-0.2, -0.15) is 0 Å². The van der Waals surface area contributed by atoms with Crippen LogP contribution < -0.4 is 37.9 Å². The first-order valence-electron chi connectivity index (χ1n) is 14.0. The summed E-state index contributed by atoms with van der Waals surface area (Å²) < 4.78 is 41.9. The summed E-state index contributed by atoms with van der Waals surface area (Å²) in [6.07, 6.45) is 7.54. The van der Waals surface area contributed by atoms with E-state index in [2.05, 4.69) is 0 Å². The second kappa shape index (κ2) is 17.0. The van der Waals surface area contributed by atoms with E-state index in [0.29, 0.717) is 46.0 Å². The van der Waals surface area contributed by atoms with E-state index in [1.165, 1.54) is 14.2 Å². The van der Waals surface area contributed by atoms with Gasteiger partial charge in [-0.25, -0.2) is 0 Å². The van der Waals surface area contributed by atoms with Gasteiger partial charge in [0.15, 0.2) is 46.0 Å². The van der Waals surface area contributed by atoms with E-state index < -0.39 is 0 Å². The predicted molar refractivity (Wildman–Crippen MR) is 179 cm³/mol. The van der Waals surface area contributed by atoms with Crippen LogP contribution in [0.15, 0.2) is 60.7 Å². The number of hydrogen-bond donors (Lipinski definition) is 2. The molecule has 0 spiro atoms. The zero-order valence-corrected chi connectivity index (χ0v) is 27.2. The summed E-state index contributed by atoms with van der Waals surface area (Å²) in [7, 11) is 12.5. The molecule has 0 fully saturated rings. The fourth-order valence-corrected chi connectivity index (χ4v) is 4.40. The van der Waals surface area contributed by atoms with Gasteiger partial charge in [0.25, 0.3) is 0 Å². The SMILES string of the molecule is COc1ccc(/C=C\c2cc(OC)c(OC)c(OC)c2)cc1O.COc1ccc(/C=C\c2cc(OC)c(OC)c(OC)c2)cc1O. The lowest BCUT2D eigenvalue weighted by atomic mass is 10.1. The highest BCUT2D eigenvalue weighted by Gasteiger charge is 2.13. The molecule has 0 saturated carbocycles. The number of methoxy groups -OCH3 is 8. The first-order valence-corrected chi connectivity index (χ1v) is 14.0. The van der Waals surface area contributed by atoms with Crippen molar-refractivity contribution in [2.75, 3.05) is 56.9 Å². The van der Waals surface area contributed by atoms with Gasteiger partial charge in [0.1, 0.15) is 0 Å². The largest absolute Gasteiger partial charge is 0.504 e. The minimum Gasteiger partial charge on any atom is -0.504 e. The molecule has 0 atom stereocenters. The average Bonchev–Trinajstić information content (AvgIpc) is 3.08. The normalized spacial score (nSPS) is 10.6. The smallest absolute Gasteiger partial charge is 0.203 e. The number of rotatable bonds is 12. The third-order valence-corrected chi connectivity index (χ3v) is 6.72. The molecular formula is C36H40O10. The van der Waals surface area contributed by atoms with Crippen LogP contribution in [-0.4, -0.2) is 67.1 Å². The predicted octanol–water partition coefficient (Wildman–Crippen LogP) is 7.19. The highest BCUT2D eigenvalue weighted by Crippen LogP contribution is 2.40. The molecular weight excluding hydrogens is 592 g/mol. The zero-order chi connectivity index (χ0) is 33.6. The monoisotopic (exact) mass is 632 g/mol. The van der Waals surface area contributed by atoms with Gasteiger partial charge in [0.05, 0.1) is 56.9 Å². The van der Waals surface area contributed by atoms with E-state index in [4.69, 9.17) is 37.9 Å². The Hall–Kier alpha value is -5.64. The highest BCUT2D eigenvalue weighted by molar-refractivity contribution is 5.74. The van der Waals surface area contributed by atoms with Crippen molar-refractivity contribution in [2.24, 2.45) is 0 Å². The fourth-order valence-electron chi connectivity index (χ4n) is 4.40. The van der Waals surface area contributed by atoms with Crippen LogP contribution in [0.4, 0.5) is 0 Å². The summed E-state index contributed by atoms with van der Waals surface area (Å²) in [4.78, 5) is 0. The zero-order valence-electron chi connectivity index (χ0n) is 27.2. The van der Waals surface area contributed by atoms with Crippen molar-refractivity contribution < 1.29 is 48.1 Å². The highest BCUT2D eigenvalue weighted by atomic mass is 16.5. The minimum absolute atomic E-state index is 0.0968. The minimum atomic E-state index is 0.0968. The van der Waals surface area contributed by atoms with Crippen molar-refractivity contribution in [1.82, 2.24) is 0 Å². The maximum atomic E-state index is 9.81. The van der Waals surface area contributed by atoms with Gasteiger partial charge in [-0.3, -0.25) is 0 Å². The molecule has 0 bridgehead atoms. The summed E-state index contributed by atoms with van der Waals surface area (Å²) in [5.41, 5.74) is 3.46. The van der Waals surface area contributed by atoms with Crippen molar-refractivity contribution in [3.8, 4) is 57.5 Å². The second-order valence-corrected chi connectivity index (χ2v) is 9.45. The van der Waals surface area contributed by atoms with Crippen LogP contribution in [0.1, 0.15) is 22.3 Å². The molecule has 4 aromatic rings. The van der Waals surface area contributed by atoms with Crippen LogP contribution >= 0.6 is 0 Å². The van der Waals surface area contributed by atoms with Crippen LogP contribution in [0.3, 0.4) is 0 Å². The number of phenolic OH excluding ortho intramolecular Hbond substituents is 2. The van der Waals surface area contributed by atoms with Gasteiger partial charge in [0, 0.05) is 0 Å². The average molecular weight is 633 g/mol. The Morgan fingerprint density at radius 1 is 0.348 bits per heavy atom. The molecule has 4 aromatic carbocycles. The van der Waals surface area contributed by atoms with E-state index >= 15 is 0 Å². The summed E-state index contributed by atoms with van der Waals surface area (Å²) in [6.45, 7) is 0. The van der Waals surface area contributed by atoms with Gasteiger partial charge in [-0.1, -0.05) is 36.4 Å². The Balaban J connectivity index is 0.000000250. The molecule has 0 aromatic heterocycles. The van der Waals surface area contributed by atoms with Crippen LogP contribution in [0.2, 0.25) is 0 Å². The standard InChI is InChI=1S/2C18H20O5/c2*1-20-15-8-7-12(9-14(15)19)5-6-13-10-16(21-2)18(23-4)17(11-13)22-3/h2*5-11,19H,1-4H3/b2*6-5-. The van der Waals surface area contributed by atoms with Crippen LogP contribution in [0.5, 0.6) is 57.5 Å². The van der Waals surface area contributed by atoms with E-state index in [-0.39, 0.29) is 11.5 Å². The van der Waals surface area contributed by atoms with E-state index in [1.807, 2.05) is 60.7 Å². The maximum absolute atomic E-state index is 9.81. The number of aromatic hydroxyl groups is 2. The lowest BCUT2D eigenvalue weighted by Crippen LogP contribution is -1.95. The molecule has 2 N–H and O–H groups in total. The Morgan fingerprint density at radius 3 is 0.870 bits per heavy atom. The van der Waals surface area contributed by atoms with Crippen molar-refractivity contribution in [1.29, 1.82) is 0 Å². The van der Waals surface area contributed by atoms with Crippen LogP contribution in [-0.2, 0) is 0 Å². The Labute approximate surface area is 269 Å². The Bertz CT molecular complexity index is 1490. The molecule has 10 heteroatoms. The van der Waals surface area contributed by atoms with Crippen molar-refractivity contribution in [3.63, 3.8) is 0 Å². The topological polar surface area (TPSA) is 114 Å². The van der Waals surface area contributed by atoms with Crippen molar-refractivity contribution in [3.05, 3.63) is 82.9 Å². The number of ether oxygens (including phenoxy) is 8. The summed E-state index contributed by atoms with van der Waals surface area (Å²) in [5, 5.41) is 19.6. The number of benzene rings is 4. The van der Waals surface area contributed by atoms with Gasteiger partial charge >= 0.3 is 0 Å². The van der Waals surface area contributed by atoms with E-state index in [0.717, 1.165) is 22.3 Å². The molecule has 10 nitrogen and oxygen atoms in total. The van der Waals surface area contributed by atoms with Crippen molar-refractivity contribution in [2.45, 2.75) is 0 Å². The van der Waals surface area contributed by atoms with Crippen molar-refractivity contribution >= 4 is 24.3 Å².